The zero-order valence-electron chi connectivity index (χ0n) is 23.8. The molecule has 2 amide bonds. The van der Waals surface area contributed by atoms with E-state index in [1.54, 1.807) is 15.9 Å². The molecule has 4 aliphatic heterocycles. The minimum atomic E-state index is -0.299. The summed E-state index contributed by atoms with van der Waals surface area (Å²) in [6.45, 7) is 2.52. The van der Waals surface area contributed by atoms with Crippen LogP contribution >= 0.6 is 0 Å². The van der Waals surface area contributed by atoms with E-state index in [0.29, 0.717) is 29.6 Å². The first-order valence-electron chi connectivity index (χ1n) is 14.2. The third-order valence-corrected chi connectivity index (χ3v) is 9.35. The summed E-state index contributed by atoms with van der Waals surface area (Å²) in [5.74, 6) is 0.268. The lowest BCUT2D eigenvalue weighted by atomic mass is 9.94. The SMILES string of the molecule is CN1C(=O)N(C)C2CCCC2Oc2c3c(cc(F)c2C2=CN(C)C(N4CCC(N(C)C)CC4)C=C2)NCC1=C3. The van der Waals surface area contributed by atoms with Crippen LogP contribution in [-0.2, 0) is 0 Å². The Morgan fingerprint density at radius 2 is 1.87 bits per heavy atom. The van der Waals surface area contributed by atoms with Gasteiger partial charge in [0.15, 0.2) is 0 Å². The maximum atomic E-state index is 16.0. The largest absolute Gasteiger partial charge is 0.487 e. The predicted molar refractivity (Wildman–Crippen MR) is 153 cm³/mol. The van der Waals surface area contributed by atoms with Crippen molar-refractivity contribution in [2.75, 3.05) is 60.2 Å². The number of piperidine rings is 1. The van der Waals surface area contributed by atoms with E-state index in [1.165, 1.54) is 0 Å². The lowest BCUT2D eigenvalue weighted by Crippen LogP contribution is -2.50. The van der Waals surface area contributed by atoms with Crippen molar-refractivity contribution >= 4 is 23.4 Å². The van der Waals surface area contributed by atoms with Gasteiger partial charge in [0.25, 0.3) is 0 Å². The standard InChI is InChI=1S/C30H41FN6O2/c1-33(2)20-11-13-37(14-12-20)27-10-9-19(18-34(27)3)28-23(31)16-24-22-15-21(17-32-24)35(4)30(38)36(5)25-7-6-8-26(25)39-29(22)28/h9-10,15-16,18,20,25-27,32H,6-8,11-14,17H2,1-5H3. The smallest absolute Gasteiger partial charge is 0.324 e. The number of nitrogens with zero attached hydrogens (tertiary/aromatic N) is 5. The molecular formula is C30H41FN6O2. The van der Waals surface area contributed by atoms with E-state index in [4.69, 9.17) is 4.74 Å². The third kappa shape index (κ3) is 4.59. The summed E-state index contributed by atoms with van der Waals surface area (Å²) in [6, 6.07) is 2.11. The molecule has 5 aliphatic rings. The van der Waals surface area contributed by atoms with Gasteiger partial charge in [-0.3, -0.25) is 9.80 Å². The number of rotatable bonds is 3. The van der Waals surface area contributed by atoms with Crippen LogP contribution in [0, 0.1) is 5.82 Å². The number of fused-ring (bicyclic) bond motifs is 1. The van der Waals surface area contributed by atoms with Crippen LogP contribution in [-0.4, -0.2) is 110 Å². The number of likely N-dealkylation sites (N-methyl/N-ethyl adjacent to an activating group) is 3. The number of benzene rings is 1. The maximum Gasteiger partial charge on any atom is 0.324 e. The van der Waals surface area contributed by atoms with Crippen LogP contribution in [0.15, 0.2) is 30.1 Å². The number of carbonyl (C=O) groups excluding carboxylic acids is 1. The monoisotopic (exact) mass is 536 g/mol. The highest BCUT2D eigenvalue weighted by molar-refractivity contribution is 5.88. The van der Waals surface area contributed by atoms with Crippen LogP contribution in [0.4, 0.5) is 14.9 Å². The van der Waals surface area contributed by atoms with Gasteiger partial charge in [-0.1, -0.05) is 6.08 Å². The maximum absolute atomic E-state index is 16.0. The summed E-state index contributed by atoms with van der Waals surface area (Å²) < 4.78 is 22.7. The Bertz CT molecular complexity index is 1230. The van der Waals surface area contributed by atoms with Crippen molar-refractivity contribution in [2.45, 2.75) is 56.5 Å². The number of hydrogen-bond acceptors (Lipinski definition) is 6. The Labute approximate surface area is 231 Å². The Morgan fingerprint density at radius 1 is 1.10 bits per heavy atom. The van der Waals surface area contributed by atoms with Gasteiger partial charge in [0, 0.05) is 69.0 Å². The molecule has 0 radical (unpaired) electrons. The number of nitrogens with one attached hydrogen (secondary N) is 1. The average Bonchev–Trinajstić information content (AvgIpc) is 3.39. The number of urea groups is 1. The second-order valence-electron chi connectivity index (χ2n) is 11.9. The van der Waals surface area contributed by atoms with Crippen LogP contribution in [0.25, 0.3) is 11.6 Å². The van der Waals surface area contributed by atoms with Crippen molar-refractivity contribution < 1.29 is 13.9 Å². The lowest BCUT2D eigenvalue weighted by Gasteiger charge is -2.42. The fraction of sp³-hybridized carbons (Fsp3) is 0.567. The van der Waals surface area contributed by atoms with Crippen LogP contribution in [0.5, 0.6) is 5.75 Å². The first-order valence-corrected chi connectivity index (χ1v) is 14.2. The number of likely N-dealkylation sites (tertiary alicyclic amines) is 1. The van der Waals surface area contributed by atoms with Gasteiger partial charge in [-0.05, 0) is 64.4 Å². The molecule has 6 rings (SSSR count). The van der Waals surface area contributed by atoms with E-state index in [9.17, 15) is 4.79 Å². The highest BCUT2D eigenvalue weighted by atomic mass is 19.1. The molecule has 8 nitrogen and oxygen atoms in total. The molecule has 1 aliphatic carbocycles. The van der Waals surface area contributed by atoms with Gasteiger partial charge in [-0.25, -0.2) is 9.18 Å². The number of anilines is 1. The molecule has 9 heteroatoms. The number of allylic oxidation sites excluding steroid dienone is 2. The lowest BCUT2D eigenvalue weighted by molar-refractivity contribution is 0.0736. The van der Waals surface area contributed by atoms with Crippen molar-refractivity contribution in [1.29, 1.82) is 0 Å². The predicted octanol–water partition coefficient (Wildman–Crippen LogP) is 4.08. The average molecular weight is 537 g/mol. The van der Waals surface area contributed by atoms with Crippen LogP contribution in [0.2, 0.25) is 0 Å². The molecule has 1 N–H and O–H groups in total. The summed E-state index contributed by atoms with van der Waals surface area (Å²) >= 11 is 0. The number of ether oxygens (including phenoxy) is 1. The fourth-order valence-corrected chi connectivity index (χ4v) is 6.94. The van der Waals surface area contributed by atoms with Crippen LogP contribution in [0.1, 0.15) is 43.2 Å². The van der Waals surface area contributed by atoms with E-state index in [1.807, 2.05) is 20.2 Å². The Balaban J connectivity index is 1.37. The van der Waals surface area contributed by atoms with Crippen molar-refractivity contribution in [1.82, 2.24) is 24.5 Å². The third-order valence-electron chi connectivity index (χ3n) is 9.35. The molecule has 3 unspecified atom stereocenters. The number of halogens is 1. The number of amides is 2. The molecule has 0 aromatic heterocycles. The van der Waals surface area contributed by atoms with E-state index < -0.39 is 0 Å². The van der Waals surface area contributed by atoms with Gasteiger partial charge < -0.3 is 24.8 Å². The second kappa shape index (κ2) is 10.2. The molecular weight excluding hydrogens is 495 g/mol. The Morgan fingerprint density at radius 3 is 2.59 bits per heavy atom. The van der Waals surface area contributed by atoms with E-state index >= 15 is 4.39 Å². The number of carbonyl (C=O) groups is 1. The summed E-state index contributed by atoms with van der Waals surface area (Å²) in [6.07, 6.45) is 13.2. The minimum absolute atomic E-state index is 0.0435. The van der Waals surface area contributed by atoms with E-state index in [2.05, 4.69) is 59.5 Å². The molecule has 1 aromatic carbocycles. The molecule has 39 heavy (non-hydrogen) atoms. The molecule has 1 aromatic rings. The topological polar surface area (TPSA) is 54.5 Å². The quantitative estimate of drug-likeness (QED) is 0.629. The normalized spacial score (nSPS) is 27.7. The van der Waals surface area contributed by atoms with Gasteiger partial charge in [0.1, 0.15) is 23.8 Å². The zero-order chi connectivity index (χ0) is 27.4. The minimum Gasteiger partial charge on any atom is -0.487 e. The van der Waals surface area contributed by atoms with Gasteiger partial charge in [0.05, 0.1) is 18.2 Å². The summed E-state index contributed by atoms with van der Waals surface area (Å²) in [5, 5.41) is 3.33. The molecule has 2 bridgehead atoms. The van der Waals surface area contributed by atoms with Crippen molar-refractivity contribution in [3.63, 3.8) is 0 Å². The van der Waals surface area contributed by atoms with Gasteiger partial charge >= 0.3 is 6.03 Å². The summed E-state index contributed by atoms with van der Waals surface area (Å²) in [5.41, 5.74) is 3.65. The highest BCUT2D eigenvalue weighted by Crippen LogP contribution is 2.44. The van der Waals surface area contributed by atoms with Crippen molar-refractivity contribution in [2.24, 2.45) is 0 Å². The Kier molecular flexibility index (Phi) is 6.83. The van der Waals surface area contributed by atoms with Gasteiger partial charge in [0.2, 0.25) is 0 Å². The van der Waals surface area contributed by atoms with E-state index in [-0.39, 0.29) is 30.2 Å². The molecule has 1 saturated heterocycles. The van der Waals surface area contributed by atoms with Crippen molar-refractivity contribution in [3.8, 4) is 5.75 Å². The molecule has 4 heterocycles. The van der Waals surface area contributed by atoms with Gasteiger partial charge in [-0.15, -0.1) is 0 Å². The first kappa shape index (κ1) is 26.2. The summed E-state index contributed by atoms with van der Waals surface area (Å²) in [7, 11) is 10.1. The molecule has 2 fully saturated rings. The molecule has 210 valence electrons. The van der Waals surface area contributed by atoms with Crippen molar-refractivity contribution in [3.05, 3.63) is 47.1 Å². The second-order valence-corrected chi connectivity index (χ2v) is 11.9. The van der Waals surface area contributed by atoms with Crippen LogP contribution in [0.3, 0.4) is 0 Å². The van der Waals surface area contributed by atoms with Crippen LogP contribution < -0.4 is 10.1 Å². The number of hydrogen-bond donors (Lipinski definition) is 1. The molecule has 3 atom stereocenters. The molecule has 0 spiro atoms. The zero-order valence-corrected chi connectivity index (χ0v) is 23.8. The molecule has 1 saturated carbocycles. The van der Waals surface area contributed by atoms with Gasteiger partial charge in [-0.2, -0.15) is 0 Å². The first-order chi connectivity index (χ1) is 18.7. The van der Waals surface area contributed by atoms with E-state index in [0.717, 1.165) is 62.0 Å². The summed E-state index contributed by atoms with van der Waals surface area (Å²) in [4.78, 5) is 23.8. The highest BCUT2D eigenvalue weighted by Gasteiger charge is 2.39. The fourth-order valence-electron chi connectivity index (χ4n) is 6.94. The Hall–Kier alpha value is -3.04.